The van der Waals surface area contributed by atoms with Crippen molar-refractivity contribution >= 4 is 38.1 Å². The van der Waals surface area contributed by atoms with Crippen LogP contribution in [0.1, 0.15) is 27.0 Å². The average Bonchev–Trinajstić information content (AvgIpc) is 3.46. The molecule has 1 N–H and O–H groups in total. The molecule has 0 unspecified atom stereocenters. The van der Waals surface area contributed by atoms with E-state index in [0.29, 0.717) is 29.3 Å². The van der Waals surface area contributed by atoms with Crippen molar-refractivity contribution in [3.8, 4) is 11.3 Å². The lowest BCUT2D eigenvalue weighted by Crippen LogP contribution is -2.29. The molecule has 0 aliphatic carbocycles. The van der Waals surface area contributed by atoms with Crippen molar-refractivity contribution in [1.29, 1.82) is 0 Å². The van der Waals surface area contributed by atoms with Crippen molar-refractivity contribution in [2.24, 2.45) is 0 Å². The molecule has 1 amide bonds. The van der Waals surface area contributed by atoms with Crippen LogP contribution in [0.3, 0.4) is 0 Å². The van der Waals surface area contributed by atoms with Gasteiger partial charge in [0.15, 0.2) is 5.13 Å². The van der Waals surface area contributed by atoms with E-state index >= 15 is 0 Å². The summed E-state index contributed by atoms with van der Waals surface area (Å²) in [6, 6.07) is 19.7. The van der Waals surface area contributed by atoms with E-state index in [2.05, 4.69) is 16.4 Å². The number of anilines is 2. The number of fused-ring (bicyclic) bond motifs is 1. The van der Waals surface area contributed by atoms with Gasteiger partial charge in [-0.1, -0.05) is 42.0 Å². The highest BCUT2D eigenvalue weighted by atomic mass is 32.2. The van der Waals surface area contributed by atoms with Crippen molar-refractivity contribution in [3.05, 3.63) is 94.4 Å². The monoisotopic (exact) mass is 489 g/mol. The molecule has 0 saturated heterocycles. The van der Waals surface area contributed by atoms with E-state index in [1.54, 1.807) is 0 Å². The van der Waals surface area contributed by atoms with E-state index in [-0.39, 0.29) is 10.8 Å². The number of thiazole rings is 1. The molecule has 5 rings (SSSR count). The molecule has 1 aliphatic rings. The minimum atomic E-state index is -3.70. The van der Waals surface area contributed by atoms with Crippen LogP contribution in [-0.2, 0) is 16.4 Å². The van der Waals surface area contributed by atoms with Crippen LogP contribution in [0.2, 0.25) is 0 Å². The molecule has 2 heterocycles. The fraction of sp³-hybridized carbons (Fsp3) is 0.154. The second-order valence-electron chi connectivity index (χ2n) is 8.29. The van der Waals surface area contributed by atoms with Gasteiger partial charge < -0.3 is 0 Å². The smallest absolute Gasteiger partial charge is 0.264 e. The molecule has 0 bridgehead atoms. The molecule has 6 nitrogen and oxygen atoms in total. The van der Waals surface area contributed by atoms with Crippen LogP contribution in [0.15, 0.2) is 77.0 Å². The molecule has 1 aromatic heterocycles. The minimum absolute atomic E-state index is 0.159. The third-order valence-corrected chi connectivity index (χ3v) is 8.52. The standard InChI is InChI=1S/C26H23N3O3S2/c1-17-7-12-22(18(2)15-17)23-16-33-26(27-23)28-25(30)20-8-10-21(11-9-20)34(31,32)29-14-13-19-5-3-4-6-24(19)29/h3-12,15-16H,13-14H2,1-2H3,(H,27,28,30). The first-order valence-corrected chi connectivity index (χ1v) is 13.2. The molecule has 3 aromatic carbocycles. The summed E-state index contributed by atoms with van der Waals surface area (Å²) < 4.78 is 27.8. The zero-order valence-corrected chi connectivity index (χ0v) is 20.4. The molecule has 172 valence electrons. The zero-order valence-electron chi connectivity index (χ0n) is 18.8. The summed E-state index contributed by atoms with van der Waals surface area (Å²) in [5.41, 5.74) is 6.25. The average molecular weight is 490 g/mol. The normalized spacial score (nSPS) is 13.1. The number of aromatic nitrogens is 1. The van der Waals surface area contributed by atoms with Gasteiger partial charge in [0.05, 0.1) is 16.3 Å². The maximum atomic E-state index is 13.2. The first kappa shape index (κ1) is 22.3. The molecule has 8 heteroatoms. The Morgan fingerprint density at radius 2 is 1.79 bits per heavy atom. The number of amides is 1. The van der Waals surface area contributed by atoms with Crippen molar-refractivity contribution in [1.82, 2.24) is 4.98 Å². The fourth-order valence-corrected chi connectivity index (χ4v) is 6.40. The maximum Gasteiger partial charge on any atom is 0.264 e. The number of benzene rings is 3. The number of nitrogens with zero attached hydrogens (tertiary/aromatic N) is 2. The van der Waals surface area contributed by atoms with Gasteiger partial charge in [-0.3, -0.25) is 14.4 Å². The van der Waals surface area contributed by atoms with E-state index in [1.165, 1.54) is 45.5 Å². The number of aryl methyl sites for hydroxylation is 2. The lowest BCUT2D eigenvalue weighted by molar-refractivity contribution is 0.102. The highest BCUT2D eigenvalue weighted by Crippen LogP contribution is 2.33. The van der Waals surface area contributed by atoms with E-state index in [1.807, 2.05) is 55.6 Å². The maximum absolute atomic E-state index is 13.2. The van der Waals surface area contributed by atoms with Crippen LogP contribution >= 0.6 is 11.3 Å². The molecule has 34 heavy (non-hydrogen) atoms. The first-order chi connectivity index (χ1) is 16.3. The Labute approximate surface area is 203 Å². The summed E-state index contributed by atoms with van der Waals surface area (Å²) >= 11 is 1.35. The van der Waals surface area contributed by atoms with Crippen LogP contribution in [0, 0.1) is 13.8 Å². The molecule has 4 aromatic rings. The predicted octanol–water partition coefficient (Wildman–Crippen LogP) is 5.43. The van der Waals surface area contributed by atoms with Crippen LogP contribution in [-0.4, -0.2) is 25.9 Å². The van der Waals surface area contributed by atoms with Crippen molar-refractivity contribution in [2.45, 2.75) is 25.2 Å². The summed E-state index contributed by atoms with van der Waals surface area (Å²) in [4.78, 5) is 17.5. The first-order valence-electron chi connectivity index (χ1n) is 10.9. The lowest BCUT2D eigenvalue weighted by atomic mass is 10.0. The Hall–Kier alpha value is -3.49. The van der Waals surface area contributed by atoms with Crippen LogP contribution in [0.25, 0.3) is 11.3 Å². The van der Waals surface area contributed by atoms with Gasteiger partial charge in [0.25, 0.3) is 15.9 Å². The Balaban J connectivity index is 1.32. The Bertz CT molecular complexity index is 1490. The highest BCUT2D eigenvalue weighted by Gasteiger charge is 2.30. The quantitative estimate of drug-likeness (QED) is 0.405. The molecule has 0 spiro atoms. The van der Waals surface area contributed by atoms with Gasteiger partial charge in [0.2, 0.25) is 0 Å². The zero-order chi connectivity index (χ0) is 23.9. The largest absolute Gasteiger partial charge is 0.298 e. The molecule has 0 saturated carbocycles. The Morgan fingerprint density at radius 3 is 2.56 bits per heavy atom. The Kier molecular flexibility index (Phi) is 5.71. The highest BCUT2D eigenvalue weighted by molar-refractivity contribution is 7.92. The van der Waals surface area contributed by atoms with Gasteiger partial charge >= 0.3 is 0 Å². The molecule has 0 radical (unpaired) electrons. The SMILES string of the molecule is Cc1ccc(-c2csc(NC(=O)c3ccc(S(=O)(=O)N4CCc5ccccc54)cc3)n2)c(C)c1. The van der Waals surface area contributed by atoms with Crippen molar-refractivity contribution in [2.75, 3.05) is 16.2 Å². The van der Waals surface area contributed by atoms with Gasteiger partial charge in [-0.05, 0) is 61.7 Å². The van der Waals surface area contributed by atoms with Gasteiger partial charge in [0.1, 0.15) is 0 Å². The van der Waals surface area contributed by atoms with Crippen molar-refractivity contribution < 1.29 is 13.2 Å². The summed E-state index contributed by atoms with van der Waals surface area (Å²) in [6.07, 6.45) is 0.688. The number of carbonyl (C=O) groups excluding carboxylic acids is 1. The van der Waals surface area contributed by atoms with Crippen LogP contribution < -0.4 is 9.62 Å². The van der Waals surface area contributed by atoms with Crippen LogP contribution in [0.5, 0.6) is 0 Å². The number of hydrogen-bond donors (Lipinski definition) is 1. The molecular weight excluding hydrogens is 466 g/mol. The second kappa shape index (κ2) is 8.70. The van der Waals surface area contributed by atoms with E-state index in [9.17, 15) is 13.2 Å². The number of para-hydroxylation sites is 1. The number of carbonyl (C=O) groups is 1. The van der Waals surface area contributed by atoms with Gasteiger partial charge in [0, 0.05) is 23.1 Å². The fourth-order valence-electron chi connectivity index (χ4n) is 4.19. The van der Waals surface area contributed by atoms with E-state index in [4.69, 9.17) is 0 Å². The third-order valence-electron chi connectivity index (χ3n) is 5.93. The lowest BCUT2D eigenvalue weighted by Gasteiger charge is -2.19. The minimum Gasteiger partial charge on any atom is -0.298 e. The van der Waals surface area contributed by atoms with Crippen molar-refractivity contribution in [3.63, 3.8) is 0 Å². The van der Waals surface area contributed by atoms with Gasteiger partial charge in [-0.25, -0.2) is 13.4 Å². The predicted molar refractivity (Wildman–Crippen MR) is 136 cm³/mol. The Morgan fingerprint density at radius 1 is 1.03 bits per heavy atom. The topological polar surface area (TPSA) is 79.4 Å². The van der Waals surface area contributed by atoms with Gasteiger partial charge in [-0.15, -0.1) is 11.3 Å². The summed E-state index contributed by atoms with van der Waals surface area (Å²) in [6.45, 7) is 4.50. The molecule has 0 fully saturated rings. The molecule has 1 aliphatic heterocycles. The molecular formula is C26H23N3O3S2. The summed E-state index contributed by atoms with van der Waals surface area (Å²) in [7, 11) is -3.70. The van der Waals surface area contributed by atoms with E-state index < -0.39 is 10.0 Å². The summed E-state index contributed by atoms with van der Waals surface area (Å²) in [5.74, 6) is -0.336. The molecule has 0 atom stereocenters. The number of nitrogens with one attached hydrogen (secondary N) is 1. The number of sulfonamides is 1. The summed E-state index contributed by atoms with van der Waals surface area (Å²) in [5, 5.41) is 5.22. The van der Waals surface area contributed by atoms with Crippen LogP contribution in [0.4, 0.5) is 10.8 Å². The number of rotatable bonds is 5. The van der Waals surface area contributed by atoms with E-state index in [0.717, 1.165) is 22.4 Å². The second-order valence-corrected chi connectivity index (χ2v) is 11.0. The third kappa shape index (κ3) is 4.10. The van der Waals surface area contributed by atoms with Gasteiger partial charge in [-0.2, -0.15) is 0 Å². The number of hydrogen-bond acceptors (Lipinski definition) is 5.